The van der Waals surface area contributed by atoms with Crippen molar-refractivity contribution in [1.82, 2.24) is 0 Å². The third-order valence-corrected chi connectivity index (χ3v) is 2.06. The van der Waals surface area contributed by atoms with Crippen molar-refractivity contribution in [3.63, 3.8) is 0 Å². The highest BCUT2D eigenvalue weighted by molar-refractivity contribution is 7.17. The van der Waals surface area contributed by atoms with E-state index >= 15 is 0 Å². The molecule has 1 aromatic heterocycles. The summed E-state index contributed by atoms with van der Waals surface area (Å²) in [6.07, 6.45) is 0. The molecule has 0 aliphatic heterocycles. The van der Waals surface area contributed by atoms with Gasteiger partial charge in [-0.1, -0.05) is 11.5 Å². The van der Waals surface area contributed by atoms with Gasteiger partial charge in [0.25, 0.3) is 0 Å². The molecule has 0 amide bonds. The fraction of sp³-hybridized carbons (Fsp3) is 0.200. The van der Waals surface area contributed by atoms with Crippen molar-refractivity contribution in [3.8, 4) is 0 Å². The number of hydrogen-bond acceptors (Lipinski definition) is 2. The highest BCUT2D eigenvalue weighted by Crippen LogP contribution is 2.12. The second-order valence-electron chi connectivity index (χ2n) is 1.90. The summed E-state index contributed by atoms with van der Waals surface area (Å²) < 4.78 is 0. The van der Waals surface area contributed by atoms with Gasteiger partial charge >= 0.3 is 0 Å². The van der Waals surface area contributed by atoms with Crippen molar-refractivity contribution >= 4 is 29.6 Å². The predicted molar refractivity (Wildman–Crippen MR) is 41.6 cm³/mol. The Bertz CT molecular complexity index is 175. The van der Waals surface area contributed by atoms with Crippen LogP contribution in [0.5, 0.6) is 0 Å². The van der Waals surface area contributed by atoms with E-state index in [1.807, 2.05) is 7.85 Å². The maximum atomic E-state index is 5.56. The van der Waals surface area contributed by atoms with Gasteiger partial charge in [-0.3, -0.25) is 0 Å². The van der Waals surface area contributed by atoms with Crippen LogP contribution in [0.25, 0.3) is 0 Å². The van der Waals surface area contributed by atoms with Crippen molar-refractivity contribution in [2.24, 2.45) is 0 Å². The van der Waals surface area contributed by atoms with Crippen LogP contribution in [0.1, 0.15) is 4.88 Å². The van der Waals surface area contributed by atoms with Gasteiger partial charge < -0.3 is 5.73 Å². The van der Waals surface area contributed by atoms with Crippen LogP contribution in [0.15, 0.2) is 6.07 Å². The van der Waals surface area contributed by atoms with E-state index in [-0.39, 0.29) is 0 Å². The van der Waals surface area contributed by atoms with E-state index in [9.17, 15) is 0 Å². The summed E-state index contributed by atoms with van der Waals surface area (Å²) in [4.78, 5) is 1.29. The van der Waals surface area contributed by atoms with Gasteiger partial charge in [0.2, 0.25) is 0 Å². The molecule has 1 aromatic rings. The first kappa shape index (κ1) is 5.70. The van der Waals surface area contributed by atoms with Crippen LogP contribution in [0.2, 0.25) is 0 Å². The van der Waals surface area contributed by atoms with E-state index in [0.29, 0.717) is 0 Å². The first-order valence-electron chi connectivity index (χ1n) is 2.52. The van der Waals surface area contributed by atoms with Crippen LogP contribution < -0.4 is 11.2 Å². The molecule has 0 saturated carbocycles. The molecule has 0 spiro atoms. The molecule has 0 radical (unpaired) electrons. The SMILES string of the molecule is Bc1cc(C)sc1N. The largest absolute Gasteiger partial charge is 0.391 e. The third kappa shape index (κ3) is 0.867. The summed E-state index contributed by atoms with van der Waals surface area (Å²) in [5.74, 6) is 0. The molecule has 0 bridgehead atoms. The van der Waals surface area contributed by atoms with Crippen LogP contribution in [0.3, 0.4) is 0 Å². The average molecular weight is 125 g/mol. The van der Waals surface area contributed by atoms with Gasteiger partial charge in [-0.15, -0.1) is 11.3 Å². The number of nitrogen functional groups attached to an aromatic ring is 1. The lowest BCUT2D eigenvalue weighted by Crippen LogP contribution is -2.02. The third-order valence-electron chi connectivity index (χ3n) is 1.08. The Labute approximate surface area is 53.9 Å². The minimum atomic E-state index is 0.947. The van der Waals surface area contributed by atoms with E-state index < -0.39 is 0 Å². The Balaban J connectivity index is 3.14. The van der Waals surface area contributed by atoms with Gasteiger partial charge in [0, 0.05) is 4.88 Å². The van der Waals surface area contributed by atoms with Crippen LogP contribution >= 0.6 is 11.3 Å². The maximum absolute atomic E-state index is 5.56. The number of rotatable bonds is 0. The number of anilines is 1. The molecule has 3 heteroatoms. The molecule has 42 valence electrons. The second kappa shape index (κ2) is 1.82. The fourth-order valence-electron chi connectivity index (χ4n) is 0.659. The minimum absolute atomic E-state index is 0.947. The van der Waals surface area contributed by atoms with E-state index in [0.717, 1.165) is 5.00 Å². The molecule has 1 heterocycles. The zero-order chi connectivity index (χ0) is 6.15. The van der Waals surface area contributed by atoms with Crippen LogP contribution in [0.4, 0.5) is 5.00 Å². The molecule has 8 heavy (non-hydrogen) atoms. The predicted octanol–water partition coefficient (Wildman–Crippen LogP) is -0.103. The molecule has 0 aliphatic rings. The number of aryl methyl sites for hydroxylation is 1. The van der Waals surface area contributed by atoms with Crippen molar-refractivity contribution in [2.75, 3.05) is 5.73 Å². The first-order chi connectivity index (χ1) is 3.70. The topological polar surface area (TPSA) is 26.0 Å². The molecular formula is C5H8BNS. The quantitative estimate of drug-likeness (QED) is 0.481. The molecule has 0 saturated heterocycles. The zero-order valence-electron chi connectivity index (χ0n) is 5.06. The Morgan fingerprint density at radius 2 is 2.38 bits per heavy atom. The molecule has 1 rings (SSSR count). The summed E-state index contributed by atoms with van der Waals surface area (Å²) in [5.41, 5.74) is 6.76. The fourth-order valence-corrected chi connectivity index (χ4v) is 1.46. The molecule has 2 N–H and O–H groups in total. The molecule has 1 nitrogen and oxygen atoms in total. The summed E-state index contributed by atoms with van der Waals surface area (Å²) in [6, 6.07) is 2.10. The second-order valence-corrected chi connectivity index (χ2v) is 3.19. The number of thiophene rings is 1. The Kier molecular flexibility index (Phi) is 1.30. The van der Waals surface area contributed by atoms with Gasteiger partial charge in [0.1, 0.15) is 7.85 Å². The Hall–Kier alpha value is -0.435. The average Bonchev–Trinajstić information content (AvgIpc) is 1.85. The van der Waals surface area contributed by atoms with Crippen LogP contribution in [-0.2, 0) is 0 Å². The summed E-state index contributed by atoms with van der Waals surface area (Å²) in [7, 11) is 2.03. The normalized spacial score (nSPS) is 9.62. The minimum Gasteiger partial charge on any atom is -0.391 e. The Morgan fingerprint density at radius 1 is 1.75 bits per heavy atom. The molecular weight excluding hydrogens is 117 g/mol. The lowest BCUT2D eigenvalue weighted by molar-refractivity contribution is 1.66. The maximum Gasteiger partial charge on any atom is 0.143 e. The van der Waals surface area contributed by atoms with Gasteiger partial charge in [0.05, 0.1) is 5.00 Å². The van der Waals surface area contributed by atoms with Gasteiger partial charge in [-0.05, 0) is 6.92 Å². The van der Waals surface area contributed by atoms with Crippen molar-refractivity contribution in [2.45, 2.75) is 6.92 Å². The van der Waals surface area contributed by atoms with E-state index in [2.05, 4.69) is 13.0 Å². The van der Waals surface area contributed by atoms with Crippen LogP contribution in [-0.4, -0.2) is 7.85 Å². The monoisotopic (exact) mass is 125 g/mol. The number of hydrogen-bond donors (Lipinski definition) is 1. The highest BCUT2D eigenvalue weighted by Gasteiger charge is 1.94. The van der Waals surface area contributed by atoms with Gasteiger partial charge in [-0.2, -0.15) is 0 Å². The summed E-state index contributed by atoms with van der Waals surface area (Å²) in [5, 5.41) is 0.947. The van der Waals surface area contributed by atoms with Gasteiger partial charge in [0.15, 0.2) is 0 Å². The molecule has 0 atom stereocenters. The van der Waals surface area contributed by atoms with E-state index in [1.54, 1.807) is 11.3 Å². The lowest BCUT2D eigenvalue weighted by Gasteiger charge is -1.80. The standard InChI is InChI=1S/C5H8BNS/c1-3-2-4(6)5(7)8-3/h2H,6-7H2,1H3. The smallest absolute Gasteiger partial charge is 0.143 e. The lowest BCUT2D eigenvalue weighted by atomic mass is 9.99. The van der Waals surface area contributed by atoms with Crippen molar-refractivity contribution < 1.29 is 0 Å². The summed E-state index contributed by atoms with van der Waals surface area (Å²) in [6.45, 7) is 2.06. The summed E-state index contributed by atoms with van der Waals surface area (Å²) >= 11 is 1.65. The highest BCUT2D eigenvalue weighted by atomic mass is 32.1. The number of nitrogens with two attached hydrogens (primary N) is 1. The first-order valence-corrected chi connectivity index (χ1v) is 3.34. The molecule has 0 aromatic carbocycles. The van der Waals surface area contributed by atoms with Gasteiger partial charge in [-0.25, -0.2) is 0 Å². The van der Waals surface area contributed by atoms with E-state index in [1.165, 1.54) is 10.3 Å². The Morgan fingerprint density at radius 3 is 2.50 bits per heavy atom. The van der Waals surface area contributed by atoms with Crippen molar-refractivity contribution in [1.29, 1.82) is 0 Å². The molecule has 0 unspecified atom stereocenters. The van der Waals surface area contributed by atoms with Crippen molar-refractivity contribution in [3.05, 3.63) is 10.9 Å². The zero-order valence-corrected chi connectivity index (χ0v) is 5.88. The van der Waals surface area contributed by atoms with Crippen LogP contribution in [0, 0.1) is 6.92 Å². The molecule has 0 fully saturated rings. The van der Waals surface area contributed by atoms with E-state index in [4.69, 9.17) is 5.73 Å². The molecule has 0 aliphatic carbocycles.